The van der Waals surface area contributed by atoms with E-state index in [1.54, 1.807) is 0 Å². The van der Waals surface area contributed by atoms with E-state index < -0.39 is 5.60 Å². The lowest BCUT2D eigenvalue weighted by Gasteiger charge is -2.62. The molecule has 0 amide bonds. The van der Waals surface area contributed by atoms with Gasteiger partial charge in [0.2, 0.25) is 0 Å². The second-order valence-corrected chi connectivity index (χ2v) is 13.5. The zero-order valence-corrected chi connectivity index (χ0v) is 22.6. The Morgan fingerprint density at radius 2 is 1.94 bits per heavy atom. The molecule has 8 atom stereocenters. The Labute approximate surface area is 216 Å². The fourth-order valence-corrected chi connectivity index (χ4v) is 9.90. The number of aliphatic hydroxyl groups is 1. The minimum atomic E-state index is -0.530. The molecule has 1 aromatic carbocycles. The van der Waals surface area contributed by atoms with Crippen LogP contribution in [0, 0.1) is 47.3 Å². The largest absolute Gasteiger partial charge is 0.390 e. The Morgan fingerprint density at radius 3 is 2.75 bits per heavy atom. The number of benzene rings is 1. The summed E-state index contributed by atoms with van der Waals surface area (Å²) in [6, 6.07) is 6.36. The van der Waals surface area contributed by atoms with Crippen LogP contribution in [0.5, 0.6) is 0 Å². The minimum absolute atomic E-state index is 0.0963. The number of nitrogens with zero attached hydrogens (tertiary/aromatic N) is 2. The molecule has 5 nitrogen and oxygen atoms in total. The molecule has 0 radical (unpaired) electrons. The molecular formula is C31H44N2O3. The Morgan fingerprint density at radius 1 is 1.11 bits per heavy atom. The van der Waals surface area contributed by atoms with Crippen molar-refractivity contribution in [3.8, 4) is 0 Å². The predicted octanol–water partition coefficient (Wildman–Crippen LogP) is 5.95. The first-order chi connectivity index (χ1) is 17.2. The van der Waals surface area contributed by atoms with Crippen molar-refractivity contribution >= 4 is 16.7 Å². The van der Waals surface area contributed by atoms with Gasteiger partial charge < -0.3 is 9.84 Å². The highest BCUT2D eigenvalue weighted by Gasteiger charge is 2.63. The number of ketones is 1. The van der Waals surface area contributed by atoms with Gasteiger partial charge in [0.15, 0.2) is 5.78 Å². The number of carbonyl (C=O) groups is 1. The molecule has 4 saturated carbocycles. The van der Waals surface area contributed by atoms with Crippen LogP contribution in [0.4, 0.5) is 0 Å². The van der Waals surface area contributed by atoms with Crippen LogP contribution in [0.1, 0.15) is 77.2 Å². The number of carbonyl (C=O) groups excluding carboxylic acids is 1. The summed E-state index contributed by atoms with van der Waals surface area (Å²) >= 11 is 0. The normalized spacial score (nSPS) is 42.1. The molecule has 36 heavy (non-hydrogen) atoms. The summed E-state index contributed by atoms with van der Waals surface area (Å²) in [6.45, 7) is 7.78. The van der Waals surface area contributed by atoms with Crippen LogP contribution >= 0.6 is 0 Å². The van der Waals surface area contributed by atoms with Crippen molar-refractivity contribution in [3.05, 3.63) is 30.0 Å². The highest BCUT2D eigenvalue weighted by Crippen LogP contribution is 2.68. The lowest BCUT2D eigenvalue weighted by molar-refractivity contribution is -0.175. The maximum Gasteiger partial charge on any atom is 0.157 e. The summed E-state index contributed by atoms with van der Waals surface area (Å²) in [6.07, 6.45) is 11.8. The van der Waals surface area contributed by atoms with Gasteiger partial charge in [-0.2, -0.15) is 5.10 Å². The minimum Gasteiger partial charge on any atom is -0.390 e. The molecule has 1 heterocycles. The number of hydrogen-bond acceptors (Lipinski definition) is 4. The van der Waals surface area contributed by atoms with Gasteiger partial charge in [-0.3, -0.25) is 9.48 Å². The van der Waals surface area contributed by atoms with Crippen molar-refractivity contribution < 1.29 is 14.6 Å². The van der Waals surface area contributed by atoms with E-state index in [0.29, 0.717) is 36.0 Å². The van der Waals surface area contributed by atoms with Gasteiger partial charge in [0.1, 0.15) is 6.54 Å². The molecule has 6 rings (SSSR count). The lowest BCUT2D eigenvalue weighted by atomic mass is 9.43. The molecule has 0 saturated heterocycles. The molecule has 5 heteroatoms. The molecule has 0 aliphatic heterocycles. The van der Waals surface area contributed by atoms with E-state index in [4.69, 9.17) is 4.74 Å². The summed E-state index contributed by atoms with van der Waals surface area (Å²) in [7, 11) is 1.86. The summed E-state index contributed by atoms with van der Waals surface area (Å²) in [4.78, 5) is 13.8. The second-order valence-electron chi connectivity index (χ2n) is 13.5. The number of rotatable bonds is 5. The van der Waals surface area contributed by atoms with Crippen LogP contribution in [0.3, 0.4) is 0 Å². The van der Waals surface area contributed by atoms with Crippen molar-refractivity contribution in [1.82, 2.24) is 9.78 Å². The first kappa shape index (κ1) is 24.6. The molecule has 1 N–H and O–H groups in total. The van der Waals surface area contributed by atoms with E-state index in [1.807, 2.05) is 24.9 Å². The van der Waals surface area contributed by atoms with Gasteiger partial charge in [0.05, 0.1) is 23.9 Å². The molecule has 0 bridgehead atoms. The van der Waals surface area contributed by atoms with Gasteiger partial charge in [-0.05, 0) is 118 Å². The topological polar surface area (TPSA) is 64.3 Å². The second kappa shape index (κ2) is 8.66. The Hall–Kier alpha value is -1.72. The molecule has 4 aliphatic rings. The van der Waals surface area contributed by atoms with Crippen molar-refractivity contribution in [2.24, 2.45) is 40.4 Å². The van der Waals surface area contributed by atoms with Gasteiger partial charge in [-0.25, -0.2) is 0 Å². The smallest absolute Gasteiger partial charge is 0.157 e. The number of Topliss-reactive ketones (excluding diaryl/α,β-unsaturated/α-hetero) is 1. The summed E-state index contributed by atoms with van der Waals surface area (Å²) in [5.74, 6) is 3.04. The van der Waals surface area contributed by atoms with Crippen LogP contribution in [0.15, 0.2) is 24.4 Å². The Balaban J connectivity index is 1.23. The highest BCUT2D eigenvalue weighted by molar-refractivity contribution is 5.85. The van der Waals surface area contributed by atoms with Gasteiger partial charge in [-0.1, -0.05) is 18.6 Å². The fourth-order valence-electron chi connectivity index (χ4n) is 9.90. The quantitative estimate of drug-likeness (QED) is 0.560. The van der Waals surface area contributed by atoms with Crippen LogP contribution in [-0.2, 0) is 16.1 Å². The molecule has 2 aromatic rings. The lowest BCUT2D eigenvalue weighted by Crippen LogP contribution is -2.58. The van der Waals surface area contributed by atoms with E-state index in [9.17, 15) is 9.90 Å². The van der Waals surface area contributed by atoms with Crippen LogP contribution in [0.2, 0.25) is 0 Å². The third-order valence-electron chi connectivity index (χ3n) is 11.6. The SMILES string of the molecule is COC[C@]12CC[C@@](C)(O)C[C@H]1CC[C@H]1[C@@H]3CC[C@H](C(=O)Cn4ncc5cc(C)ccc54)[C@@]3(C)CC[C@@H]12. The third-order valence-corrected chi connectivity index (χ3v) is 11.6. The molecular weight excluding hydrogens is 448 g/mol. The van der Waals surface area contributed by atoms with Gasteiger partial charge in [-0.15, -0.1) is 0 Å². The molecule has 4 fully saturated rings. The van der Waals surface area contributed by atoms with Crippen LogP contribution < -0.4 is 0 Å². The van der Waals surface area contributed by atoms with E-state index >= 15 is 0 Å². The van der Waals surface area contributed by atoms with Gasteiger partial charge >= 0.3 is 0 Å². The molecule has 196 valence electrons. The van der Waals surface area contributed by atoms with Crippen molar-refractivity contribution in [3.63, 3.8) is 0 Å². The number of ether oxygens (including phenoxy) is 1. The van der Waals surface area contributed by atoms with Crippen LogP contribution in [0.25, 0.3) is 10.9 Å². The monoisotopic (exact) mass is 492 g/mol. The molecule has 4 aliphatic carbocycles. The summed E-state index contributed by atoms with van der Waals surface area (Å²) in [5.41, 5.74) is 2.05. The Bertz CT molecular complexity index is 1150. The van der Waals surface area contributed by atoms with E-state index in [0.717, 1.165) is 49.6 Å². The van der Waals surface area contributed by atoms with Gasteiger partial charge in [0, 0.05) is 18.4 Å². The fraction of sp³-hybridized carbons (Fsp3) is 0.742. The van der Waals surface area contributed by atoms with Crippen molar-refractivity contribution in [1.29, 1.82) is 0 Å². The summed E-state index contributed by atoms with van der Waals surface area (Å²) < 4.78 is 7.83. The van der Waals surface area contributed by atoms with Crippen LogP contribution in [-0.4, -0.2) is 40.0 Å². The number of aryl methyl sites for hydroxylation is 1. The average molecular weight is 493 g/mol. The highest BCUT2D eigenvalue weighted by atomic mass is 16.5. The maximum absolute atomic E-state index is 13.8. The average Bonchev–Trinajstić information content (AvgIpc) is 3.39. The maximum atomic E-state index is 13.8. The third kappa shape index (κ3) is 3.71. The first-order valence-corrected chi connectivity index (χ1v) is 14.3. The zero-order valence-electron chi connectivity index (χ0n) is 22.6. The number of fused-ring (bicyclic) bond motifs is 6. The predicted molar refractivity (Wildman–Crippen MR) is 142 cm³/mol. The molecule has 1 aromatic heterocycles. The zero-order chi connectivity index (χ0) is 25.3. The van der Waals surface area contributed by atoms with Gasteiger partial charge in [0.25, 0.3) is 0 Å². The van der Waals surface area contributed by atoms with Crippen molar-refractivity contribution in [2.75, 3.05) is 13.7 Å². The summed E-state index contributed by atoms with van der Waals surface area (Å²) in [5, 5.41) is 16.6. The van der Waals surface area contributed by atoms with E-state index in [1.165, 1.54) is 31.2 Å². The van der Waals surface area contributed by atoms with E-state index in [2.05, 4.69) is 37.1 Å². The van der Waals surface area contributed by atoms with Crippen molar-refractivity contribution in [2.45, 2.75) is 90.7 Å². The number of hydrogen-bond donors (Lipinski definition) is 1. The molecule has 0 unspecified atom stereocenters. The standard InChI is InChI=1S/C31H44N2O3/c1-20-5-10-27-21(15-20)17-32-33(27)18-28(34)26-9-8-24-23-7-6-22-16-29(2,35)13-14-31(22,19-36-4)25(23)11-12-30(24,26)3/h5,10,15,17,22-26,35H,6-9,11-14,16,18-19H2,1-4H3/t22-,23+,24+,25+,26-,29-,30+,31-/m1/s1. The van der Waals surface area contributed by atoms with E-state index in [-0.39, 0.29) is 16.7 Å². The molecule has 0 spiro atoms. The number of aromatic nitrogens is 2. The first-order valence-electron chi connectivity index (χ1n) is 14.3. The number of methoxy groups -OCH3 is 1. The Kier molecular flexibility index (Phi) is 5.92.